The summed E-state index contributed by atoms with van der Waals surface area (Å²) in [7, 11) is 0. The van der Waals surface area contributed by atoms with Crippen LogP contribution in [0.1, 0.15) is 32.4 Å². The Hall–Kier alpha value is -1.55. The fourth-order valence-electron chi connectivity index (χ4n) is 2.03. The first-order valence-electron chi connectivity index (χ1n) is 5.92. The normalized spacial score (nSPS) is 20.8. The van der Waals surface area contributed by atoms with E-state index in [0.717, 1.165) is 17.0 Å². The first-order chi connectivity index (χ1) is 8.04. The Balaban J connectivity index is 2.48. The summed E-state index contributed by atoms with van der Waals surface area (Å²) < 4.78 is 5.58. The average Bonchev–Trinajstić information content (AvgIpc) is 2.30. The minimum absolute atomic E-state index is 0.00169. The SMILES string of the molecule is CCN1C(=O)C(C)Oc2ccc(C(C)N)cc21. The maximum absolute atomic E-state index is 12.0. The summed E-state index contributed by atoms with van der Waals surface area (Å²) in [6, 6.07) is 5.72. The van der Waals surface area contributed by atoms with Gasteiger partial charge in [0.2, 0.25) is 0 Å². The summed E-state index contributed by atoms with van der Waals surface area (Å²) >= 11 is 0. The van der Waals surface area contributed by atoms with Crippen molar-refractivity contribution in [3.63, 3.8) is 0 Å². The lowest BCUT2D eigenvalue weighted by Gasteiger charge is -2.32. The molecule has 0 radical (unpaired) electrons. The molecule has 0 bridgehead atoms. The van der Waals surface area contributed by atoms with Crippen LogP contribution in [0.5, 0.6) is 5.75 Å². The molecular formula is C13H18N2O2. The van der Waals surface area contributed by atoms with E-state index in [1.807, 2.05) is 32.0 Å². The molecule has 1 aliphatic heterocycles. The van der Waals surface area contributed by atoms with E-state index in [0.29, 0.717) is 6.54 Å². The van der Waals surface area contributed by atoms with Crippen molar-refractivity contribution in [1.29, 1.82) is 0 Å². The van der Waals surface area contributed by atoms with Gasteiger partial charge in [0, 0.05) is 12.6 Å². The molecule has 1 aliphatic rings. The van der Waals surface area contributed by atoms with Crippen molar-refractivity contribution in [2.45, 2.75) is 32.9 Å². The monoisotopic (exact) mass is 234 g/mol. The van der Waals surface area contributed by atoms with Crippen molar-refractivity contribution in [2.75, 3.05) is 11.4 Å². The van der Waals surface area contributed by atoms with Gasteiger partial charge in [-0.15, -0.1) is 0 Å². The van der Waals surface area contributed by atoms with Gasteiger partial charge in [-0.3, -0.25) is 4.79 Å². The predicted octanol–water partition coefficient (Wildman–Crippen LogP) is 1.84. The van der Waals surface area contributed by atoms with Gasteiger partial charge in [0.25, 0.3) is 5.91 Å². The third-order valence-electron chi connectivity index (χ3n) is 3.03. The molecule has 1 heterocycles. The van der Waals surface area contributed by atoms with Crippen LogP contribution in [0.2, 0.25) is 0 Å². The highest BCUT2D eigenvalue weighted by atomic mass is 16.5. The number of hydrogen-bond acceptors (Lipinski definition) is 3. The lowest BCUT2D eigenvalue weighted by molar-refractivity contribution is -0.125. The fourth-order valence-corrected chi connectivity index (χ4v) is 2.03. The maximum Gasteiger partial charge on any atom is 0.267 e. The van der Waals surface area contributed by atoms with Gasteiger partial charge in [-0.1, -0.05) is 6.07 Å². The number of carbonyl (C=O) groups is 1. The second-order valence-corrected chi connectivity index (χ2v) is 4.36. The van der Waals surface area contributed by atoms with E-state index < -0.39 is 6.10 Å². The number of nitrogens with two attached hydrogens (primary N) is 1. The van der Waals surface area contributed by atoms with Gasteiger partial charge >= 0.3 is 0 Å². The molecule has 2 unspecified atom stereocenters. The van der Waals surface area contributed by atoms with Crippen LogP contribution in [-0.4, -0.2) is 18.6 Å². The molecule has 0 aromatic heterocycles. The second-order valence-electron chi connectivity index (χ2n) is 4.36. The van der Waals surface area contributed by atoms with Gasteiger partial charge in [-0.25, -0.2) is 0 Å². The number of likely N-dealkylation sites (N-methyl/N-ethyl adjacent to an activating group) is 1. The Bertz CT molecular complexity index is 443. The van der Waals surface area contributed by atoms with Crippen molar-refractivity contribution in [3.05, 3.63) is 23.8 Å². The average molecular weight is 234 g/mol. The van der Waals surface area contributed by atoms with Crippen LogP contribution in [0.4, 0.5) is 5.69 Å². The molecule has 2 N–H and O–H groups in total. The molecule has 0 saturated heterocycles. The summed E-state index contributed by atoms with van der Waals surface area (Å²) in [5.41, 5.74) is 7.68. The first-order valence-corrected chi connectivity index (χ1v) is 5.92. The number of amides is 1. The highest BCUT2D eigenvalue weighted by Crippen LogP contribution is 2.35. The van der Waals surface area contributed by atoms with E-state index >= 15 is 0 Å². The van der Waals surface area contributed by atoms with Gasteiger partial charge in [-0.05, 0) is 38.5 Å². The highest BCUT2D eigenvalue weighted by molar-refractivity contribution is 5.99. The first kappa shape index (κ1) is 11.9. The van der Waals surface area contributed by atoms with Crippen molar-refractivity contribution in [2.24, 2.45) is 5.73 Å². The van der Waals surface area contributed by atoms with Crippen molar-refractivity contribution in [1.82, 2.24) is 0 Å². The van der Waals surface area contributed by atoms with E-state index in [9.17, 15) is 4.79 Å². The van der Waals surface area contributed by atoms with E-state index in [2.05, 4.69) is 0 Å². The Morgan fingerprint density at radius 1 is 1.53 bits per heavy atom. The molecule has 0 fully saturated rings. The van der Waals surface area contributed by atoms with Crippen LogP contribution in [-0.2, 0) is 4.79 Å². The van der Waals surface area contributed by atoms with Gasteiger partial charge in [0.05, 0.1) is 5.69 Å². The summed E-state index contributed by atoms with van der Waals surface area (Å²) in [5, 5.41) is 0. The number of benzene rings is 1. The number of carbonyl (C=O) groups excluding carboxylic acids is 1. The van der Waals surface area contributed by atoms with Crippen LogP contribution in [0.15, 0.2) is 18.2 Å². The zero-order chi connectivity index (χ0) is 12.6. The largest absolute Gasteiger partial charge is 0.479 e. The van der Waals surface area contributed by atoms with Gasteiger partial charge < -0.3 is 15.4 Å². The zero-order valence-electron chi connectivity index (χ0n) is 10.4. The van der Waals surface area contributed by atoms with Crippen LogP contribution in [0.3, 0.4) is 0 Å². The topological polar surface area (TPSA) is 55.6 Å². The molecule has 17 heavy (non-hydrogen) atoms. The van der Waals surface area contributed by atoms with Crippen molar-refractivity contribution >= 4 is 11.6 Å². The number of anilines is 1. The number of ether oxygens (including phenoxy) is 1. The minimum Gasteiger partial charge on any atom is -0.479 e. The van der Waals surface area contributed by atoms with E-state index in [1.165, 1.54) is 0 Å². The fraction of sp³-hybridized carbons (Fsp3) is 0.462. The molecule has 1 aromatic rings. The predicted molar refractivity (Wildman–Crippen MR) is 67.2 cm³/mol. The number of hydrogen-bond donors (Lipinski definition) is 1. The standard InChI is InChI=1S/C13H18N2O2/c1-4-15-11-7-10(8(2)14)5-6-12(11)17-9(3)13(15)16/h5-9H,4,14H2,1-3H3. The summed E-state index contributed by atoms with van der Waals surface area (Å²) in [6.07, 6.45) is -0.413. The molecule has 4 heteroatoms. The Morgan fingerprint density at radius 2 is 2.24 bits per heavy atom. The Morgan fingerprint density at radius 3 is 2.82 bits per heavy atom. The van der Waals surface area contributed by atoms with E-state index in [-0.39, 0.29) is 11.9 Å². The molecule has 0 aliphatic carbocycles. The van der Waals surface area contributed by atoms with E-state index in [4.69, 9.17) is 10.5 Å². The molecule has 0 spiro atoms. The third-order valence-corrected chi connectivity index (χ3v) is 3.03. The molecule has 0 saturated carbocycles. The van der Waals surface area contributed by atoms with Crippen LogP contribution < -0.4 is 15.4 Å². The Kier molecular flexibility index (Phi) is 3.07. The van der Waals surface area contributed by atoms with Crippen LogP contribution in [0.25, 0.3) is 0 Å². The summed E-state index contributed by atoms with van der Waals surface area (Å²) in [4.78, 5) is 13.7. The second kappa shape index (κ2) is 4.37. The molecule has 92 valence electrons. The third kappa shape index (κ3) is 2.00. The van der Waals surface area contributed by atoms with Crippen LogP contribution in [0, 0.1) is 0 Å². The van der Waals surface area contributed by atoms with Crippen molar-refractivity contribution < 1.29 is 9.53 Å². The Labute approximate surface area is 101 Å². The molecule has 2 rings (SSSR count). The molecule has 4 nitrogen and oxygen atoms in total. The highest BCUT2D eigenvalue weighted by Gasteiger charge is 2.30. The van der Waals surface area contributed by atoms with Gasteiger partial charge in [-0.2, -0.15) is 0 Å². The number of nitrogens with zero attached hydrogens (tertiary/aromatic N) is 1. The molecule has 1 aromatic carbocycles. The lowest BCUT2D eigenvalue weighted by Crippen LogP contribution is -2.44. The molecule has 2 atom stereocenters. The smallest absolute Gasteiger partial charge is 0.267 e. The number of fused-ring (bicyclic) bond motifs is 1. The molecular weight excluding hydrogens is 216 g/mol. The van der Waals surface area contributed by atoms with Crippen LogP contribution >= 0.6 is 0 Å². The lowest BCUT2D eigenvalue weighted by atomic mass is 10.1. The molecule has 1 amide bonds. The summed E-state index contributed by atoms with van der Waals surface area (Å²) in [6.45, 7) is 6.29. The minimum atomic E-state index is -0.413. The van der Waals surface area contributed by atoms with E-state index in [1.54, 1.807) is 11.8 Å². The number of rotatable bonds is 2. The van der Waals surface area contributed by atoms with Crippen molar-refractivity contribution in [3.8, 4) is 5.75 Å². The maximum atomic E-state index is 12.0. The van der Waals surface area contributed by atoms with Gasteiger partial charge in [0.1, 0.15) is 5.75 Å². The van der Waals surface area contributed by atoms with Gasteiger partial charge in [0.15, 0.2) is 6.10 Å². The zero-order valence-corrected chi connectivity index (χ0v) is 10.4. The summed E-state index contributed by atoms with van der Waals surface area (Å²) in [5.74, 6) is 0.755. The quantitative estimate of drug-likeness (QED) is 0.849.